The quantitative estimate of drug-likeness (QED) is 0.578. The Hall–Kier alpha value is -3.20. The second-order valence-corrected chi connectivity index (χ2v) is 9.50. The summed E-state index contributed by atoms with van der Waals surface area (Å²) in [4.78, 5) is 25.9. The van der Waals surface area contributed by atoms with Crippen molar-refractivity contribution in [3.8, 4) is 0 Å². The molecule has 180 valence electrons. The van der Waals surface area contributed by atoms with Gasteiger partial charge in [0.05, 0.1) is 5.69 Å². The van der Waals surface area contributed by atoms with Gasteiger partial charge in [0, 0.05) is 63.1 Å². The van der Waals surface area contributed by atoms with E-state index in [1.807, 2.05) is 12.1 Å². The Labute approximate surface area is 199 Å². The van der Waals surface area contributed by atoms with Crippen LogP contribution in [-0.4, -0.2) is 65.6 Å². The molecule has 0 bridgehead atoms. The first kappa shape index (κ1) is 22.6. The first-order valence-electron chi connectivity index (χ1n) is 12.0. The van der Waals surface area contributed by atoms with Gasteiger partial charge in [-0.2, -0.15) is 4.98 Å². The molecule has 1 saturated carbocycles. The molecular formula is C25H32FN7O. The first-order chi connectivity index (χ1) is 16.4. The van der Waals surface area contributed by atoms with E-state index in [0.29, 0.717) is 23.0 Å². The lowest BCUT2D eigenvalue weighted by atomic mass is 9.74. The molecule has 2 N–H and O–H groups in total. The molecule has 5 rings (SSSR count). The predicted molar refractivity (Wildman–Crippen MR) is 132 cm³/mol. The lowest BCUT2D eigenvalue weighted by Crippen LogP contribution is -2.43. The average Bonchev–Trinajstić information content (AvgIpc) is 3.18. The highest BCUT2D eigenvalue weighted by Gasteiger charge is 2.41. The maximum Gasteiger partial charge on any atom is 0.270 e. The second kappa shape index (κ2) is 8.87. The van der Waals surface area contributed by atoms with Gasteiger partial charge >= 0.3 is 0 Å². The molecule has 3 aromatic rings. The molecule has 1 amide bonds. The lowest BCUT2D eigenvalue weighted by molar-refractivity contribution is 0.0780. The number of amides is 1. The van der Waals surface area contributed by atoms with E-state index in [-0.39, 0.29) is 17.3 Å². The molecule has 0 spiro atoms. The number of halogens is 1. The fourth-order valence-electron chi connectivity index (χ4n) is 5.11. The number of hydrogen-bond donors (Lipinski definition) is 2. The van der Waals surface area contributed by atoms with E-state index in [9.17, 15) is 9.18 Å². The number of carbonyl (C=O) groups is 1. The third-order valence-electron chi connectivity index (χ3n) is 7.24. The summed E-state index contributed by atoms with van der Waals surface area (Å²) in [6, 6.07) is 7.04. The van der Waals surface area contributed by atoms with E-state index in [0.717, 1.165) is 62.9 Å². The monoisotopic (exact) mass is 465 g/mol. The number of nitrogens with zero attached hydrogens (tertiary/aromatic N) is 5. The van der Waals surface area contributed by atoms with Crippen molar-refractivity contribution in [3.63, 3.8) is 0 Å². The van der Waals surface area contributed by atoms with Crippen LogP contribution >= 0.6 is 0 Å². The minimum atomic E-state index is -0.269. The van der Waals surface area contributed by atoms with Crippen molar-refractivity contribution in [1.82, 2.24) is 24.8 Å². The zero-order chi connectivity index (χ0) is 23.9. The van der Waals surface area contributed by atoms with E-state index in [4.69, 9.17) is 4.98 Å². The zero-order valence-electron chi connectivity index (χ0n) is 20.1. The van der Waals surface area contributed by atoms with Gasteiger partial charge in [-0.05, 0) is 49.9 Å². The molecule has 0 radical (unpaired) electrons. The van der Waals surface area contributed by atoms with E-state index < -0.39 is 0 Å². The maximum atomic E-state index is 14.9. The van der Waals surface area contributed by atoms with Crippen molar-refractivity contribution >= 4 is 34.3 Å². The molecule has 1 aliphatic heterocycles. The Morgan fingerprint density at radius 3 is 2.62 bits per heavy atom. The van der Waals surface area contributed by atoms with Crippen LogP contribution < -0.4 is 15.5 Å². The van der Waals surface area contributed by atoms with Crippen molar-refractivity contribution in [2.75, 3.05) is 50.5 Å². The van der Waals surface area contributed by atoms with Gasteiger partial charge in [0.1, 0.15) is 17.2 Å². The van der Waals surface area contributed by atoms with E-state index >= 15 is 0 Å². The fraction of sp³-hybridized carbons (Fsp3) is 0.480. The van der Waals surface area contributed by atoms with Gasteiger partial charge in [0.2, 0.25) is 5.95 Å². The normalized spacial score (nSPS) is 17.5. The van der Waals surface area contributed by atoms with Crippen LogP contribution in [0.4, 0.5) is 21.7 Å². The minimum Gasteiger partial charge on any atom is -0.367 e. The number of aromatic nitrogens is 3. The molecule has 1 aromatic carbocycles. The van der Waals surface area contributed by atoms with Gasteiger partial charge in [0.15, 0.2) is 0 Å². The van der Waals surface area contributed by atoms with E-state index in [2.05, 4.69) is 32.0 Å². The maximum absolute atomic E-state index is 14.9. The third kappa shape index (κ3) is 3.87. The van der Waals surface area contributed by atoms with Crippen LogP contribution in [0.3, 0.4) is 0 Å². The Kier molecular flexibility index (Phi) is 5.89. The Morgan fingerprint density at radius 1 is 1.24 bits per heavy atom. The molecule has 3 heterocycles. The molecule has 9 heteroatoms. The molecule has 0 unspecified atom stereocenters. The van der Waals surface area contributed by atoms with Gasteiger partial charge in [-0.3, -0.25) is 4.79 Å². The standard InChI is InChI=1S/C25H32FN7O/c1-4-25(8-5-9-25)33-21(23(34)31(2)3)14-17-16-28-24(30-22(17)33)29-18-6-7-20(19(26)15-18)32-12-10-27-11-13-32/h6-7,14-16,27H,4-5,8-13H2,1-3H3,(H,28,29,30). The number of anilines is 3. The number of carbonyl (C=O) groups excluding carboxylic acids is 1. The summed E-state index contributed by atoms with van der Waals surface area (Å²) in [5, 5.41) is 7.27. The minimum absolute atomic E-state index is 0.0437. The summed E-state index contributed by atoms with van der Waals surface area (Å²) >= 11 is 0. The molecule has 34 heavy (non-hydrogen) atoms. The number of benzene rings is 1. The Morgan fingerprint density at radius 2 is 2.00 bits per heavy atom. The molecule has 1 aliphatic carbocycles. The van der Waals surface area contributed by atoms with Gasteiger partial charge in [-0.15, -0.1) is 0 Å². The summed E-state index contributed by atoms with van der Waals surface area (Å²) in [5.74, 6) is 0.0723. The van der Waals surface area contributed by atoms with Crippen LogP contribution in [0.2, 0.25) is 0 Å². The highest BCUT2D eigenvalue weighted by molar-refractivity contribution is 5.98. The van der Waals surface area contributed by atoms with Gasteiger partial charge in [0.25, 0.3) is 5.91 Å². The van der Waals surface area contributed by atoms with Crippen molar-refractivity contribution in [1.29, 1.82) is 0 Å². The number of hydrogen-bond acceptors (Lipinski definition) is 6. The van der Waals surface area contributed by atoms with Crippen LogP contribution in [-0.2, 0) is 5.54 Å². The number of piperazine rings is 1. The molecule has 2 aromatic heterocycles. The topological polar surface area (TPSA) is 78.3 Å². The smallest absolute Gasteiger partial charge is 0.270 e. The molecule has 1 saturated heterocycles. The van der Waals surface area contributed by atoms with Gasteiger partial charge < -0.3 is 25.0 Å². The van der Waals surface area contributed by atoms with Crippen LogP contribution in [0.15, 0.2) is 30.5 Å². The van der Waals surface area contributed by atoms with Crippen LogP contribution in [0, 0.1) is 5.82 Å². The average molecular weight is 466 g/mol. The first-order valence-corrected chi connectivity index (χ1v) is 12.0. The van der Waals surface area contributed by atoms with Crippen molar-refractivity contribution in [2.24, 2.45) is 0 Å². The summed E-state index contributed by atoms with van der Waals surface area (Å²) in [6.45, 7) is 5.44. The Bertz CT molecular complexity index is 1210. The molecule has 2 fully saturated rings. The van der Waals surface area contributed by atoms with E-state index in [1.165, 1.54) is 6.07 Å². The number of rotatable bonds is 6. The molecular weight excluding hydrogens is 433 g/mol. The van der Waals surface area contributed by atoms with Crippen LogP contribution in [0.25, 0.3) is 11.0 Å². The molecule has 8 nitrogen and oxygen atoms in total. The van der Waals surface area contributed by atoms with Gasteiger partial charge in [-0.1, -0.05) is 6.92 Å². The highest BCUT2D eigenvalue weighted by atomic mass is 19.1. The predicted octanol–water partition coefficient (Wildman–Crippen LogP) is 3.71. The lowest BCUT2D eigenvalue weighted by Gasteiger charge is -2.44. The zero-order valence-corrected chi connectivity index (χ0v) is 20.1. The number of nitrogens with one attached hydrogen (secondary N) is 2. The summed E-state index contributed by atoms with van der Waals surface area (Å²) in [5.41, 5.74) is 2.47. The van der Waals surface area contributed by atoms with Crippen molar-refractivity contribution in [2.45, 2.75) is 38.1 Å². The number of fused-ring (bicyclic) bond motifs is 1. The SMILES string of the molecule is CCC1(n2c(C(=O)N(C)C)cc3cnc(Nc4ccc(N5CCNCC5)c(F)c4)nc32)CCC1. The van der Waals surface area contributed by atoms with Crippen LogP contribution in [0.5, 0.6) is 0 Å². The van der Waals surface area contributed by atoms with Crippen molar-refractivity contribution < 1.29 is 9.18 Å². The highest BCUT2D eigenvalue weighted by Crippen LogP contribution is 2.45. The summed E-state index contributed by atoms with van der Waals surface area (Å²) in [7, 11) is 3.53. The molecule has 2 aliphatic rings. The summed E-state index contributed by atoms with van der Waals surface area (Å²) in [6.07, 6.45) is 5.84. The molecule has 0 atom stereocenters. The third-order valence-corrected chi connectivity index (χ3v) is 7.24. The Balaban J connectivity index is 1.49. The fourth-order valence-corrected chi connectivity index (χ4v) is 5.11. The van der Waals surface area contributed by atoms with Crippen molar-refractivity contribution in [3.05, 3.63) is 42.0 Å². The van der Waals surface area contributed by atoms with Gasteiger partial charge in [-0.25, -0.2) is 9.37 Å². The summed E-state index contributed by atoms with van der Waals surface area (Å²) < 4.78 is 17.0. The van der Waals surface area contributed by atoms with E-state index in [1.54, 1.807) is 31.3 Å². The largest absolute Gasteiger partial charge is 0.367 e. The second-order valence-electron chi connectivity index (χ2n) is 9.50. The van der Waals surface area contributed by atoms with Crippen LogP contribution in [0.1, 0.15) is 43.1 Å².